The average Bonchev–Trinajstić information content (AvgIpc) is 2.30. The Balaban J connectivity index is 0.00000144. The summed E-state index contributed by atoms with van der Waals surface area (Å²) in [5.41, 5.74) is 1.95. The summed E-state index contributed by atoms with van der Waals surface area (Å²) in [5.74, 6) is 0.505. The summed E-state index contributed by atoms with van der Waals surface area (Å²) in [6.45, 7) is 0. The first kappa shape index (κ1) is 13.6. The molecular formula is C13H13NO2W. The van der Waals surface area contributed by atoms with Crippen LogP contribution >= 0.6 is 0 Å². The van der Waals surface area contributed by atoms with Crippen LogP contribution in [0.4, 0.5) is 11.4 Å². The zero-order valence-electron chi connectivity index (χ0n) is 9.37. The number of nitrogens with zero attached hydrogens (tertiary/aromatic N) is 1. The topological polar surface area (TPSA) is 43.7 Å². The molecule has 2 N–H and O–H groups in total. The fraction of sp³-hybridized carbons (Fsp3) is 0.0769. The molecule has 0 amide bonds. The van der Waals surface area contributed by atoms with E-state index >= 15 is 0 Å². The van der Waals surface area contributed by atoms with Gasteiger partial charge in [-0.3, -0.25) is 0 Å². The summed E-state index contributed by atoms with van der Waals surface area (Å²) >= 11 is 0. The first-order chi connectivity index (χ1) is 7.66. The third-order valence-corrected chi connectivity index (χ3v) is 2.47. The molecule has 0 atom stereocenters. The molecule has 0 aliphatic carbocycles. The third-order valence-electron chi connectivity index (χ3n) is 2.47. The molecule has 0 heterocycles. The molecule has 0 saturated carbocycles. The summed E-state index contributed by atoms with van der Waals surface area (Å²) in [4.78, 5) is 1.97. The fourth-order valence-corrected chi connectivity index (χ4v) is 1.50. The molecule has 4 heteroatoms. The van der Waals surface area contributed by atoms with Crippen molar-refractivity contribution in [1.82, 2.24) is 0 Å². The van der Waals surface area contributed by atoms with Gasteiger partial charge in [-0.1, -0.05) is 0 Å². The maximum Gasteiger partial charge on any atom is 0.115 e. The van der Waals surface area contributed by atoms with Crippen LogP contribution in [0, 0.1) is 0 Å². The van der Waals surface area contributed by atoms with E-state index in [1.165, 1.54) is 0 Å². The van der Waals surface area contributed by atoms with E-state index in [2.05, 4.69) is 0 Å². The van der Waals surface area contributed by atoms with Gasteiger partial charge in [-0.15, -0.1) is 0 Å². The molecule has 17 heavy (non-hydrogen) atoms. The summed E-state index contributed by atoms with van der Waals surface area (Å²) < 4.78 is 0. The number of rotatable bonds is 2. The van der Waals surface area contributed by atoms with Gasteiger partial charge < -0.3 is 15.1 Å². The van der Waals surface area contributed by atoms with Crippen LogP contribution in [0.15, 0.2) is 48.5 Å². The smallest absolute Gasteiger partial charge is 0.115 e. The normalized spacial score (nSPS) is 9.47. The van der Waals surface area contributed by atoms with Crippen molar-refractivity contribution in [2.75, 3.05) is 11.9 Å². The van der Waals surface area contributed by atoms with Gasteiger partial charge in [0.25, 0.3) is 0 Å². The van der Waals surface area contributed by atoms with Crippen LogP contribution in [0.3, 0.4) is 0 Å². The maximum absolute atomic E-state index is 9.19. The Bertz CT molecular complexity index is 422. The summed E-state index contributed by atoms with van der Waals surface area (Å²) in [7, 11) is 1.93. The molecule has 0 bridgehead atoms. The van der Waals surface area contributed by atoms with Crippen molar-refractivity contribution in [3.05, 3.63) is 48.5 Å². The van der Waals surface area contributed by atoms with Crippen LogP contribution in [0.1, 0.15) is 0 Å². The molecule has 88 valence electrons. The molecule has 0 unspecified atom stereocenters. The second-order valence-corrected chi connectivity index (χ2v) is 3.59. The Morgan fingerprint density at radius 2 is 1.00 bits per heavy atom. The van der Waals surface area contributed by atoms with Crippen LogP contribution in [0.25, 0.3) is 0 Å². The van der Waals surface area contributed by atoms with Gasteiger partial charge in [0.15, 0.2) is 0 Å². The van der Waals surface area contributed by atoms with Gasteiger partial charge in [0, 0.05) is 39.5 Å². The number of aromatic hydroxyl groups is 2. The Morgan fingerprint density at radius 1 is 0.706 bits per heavy atom. The molecule has 0 radical (unpaired) electrons. The van der Waals surface area contributed by atoms with Crippen LogP contribution in [-0.2, 0) is 21.1 Å². The van der Waals surface area contributed by atoms with Gasteiger partial charge in [-0.25, -0.2) is 0 Å². The van der Waals surface area contributed by atoms with Gasteiger partial charge in [-0.2, -0.15) is 0 Å². The van der Waals surface area contributed by atoms with Gasteiger partial charge in [0.2, 0.25) is 0 Å². The molecule has 2 aromatic carbocycles. The van der Waals surface area contributed by atoms with Gasteiger partial charge in [0.1, 0.15) is 11.5 Å². The Kier molecular flexibility index (Phi) is 4.59. The number of anilines is 2. The molecule has 0 aliphatic rings. The summed E-state index contributed by atoms with van der Waals surface area (Å²) in [5, 5.41) is 18.4. The van der Waals surface area contributed by atoms with E-state index in [0.717, 1.165) is 11.4 Å². The van der Waals surface area contributed by atoms with E-state index in [9.17, 15) is 10.2 Å². The molecule has 0 aromatic heterocycles. The molecule has 2 aromatic rings. The second-order valence-electron chi connectivity index (χ2n) is 3.59. The minimum Gasteiger partial charge on any atom is -0.508 e. The standard InChI is InChI=1S/C13H13NO2.W/c1-14(10-2-6-12(15)7-3-10)11-4-8-13(16)9-5-11;/h2-9,15-16H,1H3;. The second kappa shape index (κ2) is 5.74. The number of hydrogen-bond donors (Lipinski definition) is 2. The predicted octanol–water partition coefficient (Wildman–Crippen LogP) is 2.86. The molecule has 0 spiro atoms. The Hall–Kier alpha value is -1.47. The van der Waals surface area contributed by atoms with Crippen molar-refractivity contribution >= 4 is 11.4 Å². The van der Waals surface area contributed by atoms with Gasteiger partial charge in [0.05, 0.1) is 0 Å². The fourth-order valence-electron chi connectivity index (χ4n) is 1.50. The van der Waals surface area contributed by atoms with E-state index in [4.69, 9.17) is 0 Å². The Morgan fingerprint density at radius 3 is 1.29 bits per heavy atom. The first-order valence-corrected chi connectivity index (χ1v) is 4.98. The maximum atomic E-state index is 9.19. The third kappa shape index (κ3) is 3.24. The van der Waals surface area contributed by atoms with E-state index in [1.807, 2.05) is 36.2 Å². The average molecular weight is 399 g/mol. The minimum atomic E-state index is 0. The predicted molar refractivity (Wildman–Crippen MR) is 64.3 cm³/mol. The van der Waals surface area contributed by atoms with Gasteiger partial charge in [-0.05, 0) is 48.5 Å². The van der Waals surface area contributed by atoms with Crippen LogP contribution in [-0.4, -0.2) is 17.3 Å². The summed E-state index contributed by atoms with van der Waals surface area (Å²) in [6, 6.07) is 13.9. The zero-order chi connectivity index (χ0) is 11.5. The van der Waals surface area contributed by atoms with Crippen molar-refractivity contribution in [3.63, 3.8) is 0 Å². The number of hydrogen-bond acceptors (Lipinski definition) is 3. The van der Waals surface area contributed by atoms with Crippen molar-refractivity contribution < 1.29 is 31.3 Å². The quantitative estimate of drug-likeness (QED) is 0.817. The van der Waals surface area contributed by atoms with Crippen molar-refractivity contribution in [3.8, 4) is 11.5 Å². The van der Waals surface area contributed by atoms with E-state index in [1.54, 1.807) is 24.3 Å². The SMILES string of the molecule is CN(c1ccc(O)cc1)c1ccc(O)cc1.[W]. The molecule has 0 saturated heterocycles. The molecule has 0 fully saturated rings. The Labute approximate surface area is 115 Å². The van der Waals surface area contributed by atoms with Crippen LogP contribution < -0.4 is 4.90 Å². The number of phenolic OH excluding ortho intramolecular Hbond substituents is 2. The van der Waals surface area contributed by atoms with E-state index in [-0.39, 0.29) is 32.6 Å². The van der Waals surface area contributed by atoms with Gasteiger partial charge >= 0.3 is 0 Å². The molecule has 3 nitrogen and oxygen atoms in total. The number of phenols is 2. The monoisotopic (exact) mass is 399 g/mol. The zero-order valence-corrected chi connectivity index (χ0v) is 12.3. The van der Waals surface area contributed by atoms with E-state index < -0.39 is 0 Å². The van der Waals surface area contributed by atoms with E-state index in [0.29, 0.717) is 0 Å². The van der Waals surface area contributed by atoms with Crippen molar-refractivity contribution in [2.45, 2.75) is 0 Å². The van der Waals surface area contributed by atoms with Crippen LogP contribution in [0.2, 0.25) is 0 Å². The molecule has 0 aliphatic heterocycles. The van der Waals surface area contributed by atoms with Crippen molar-refractivity contribution in [2.24, 2.45) is 0 Å². The minimum absolute atomic E-state index is 0. The first-order valence-electron chi connectivity index (χ1n) is 4.98. The van der Waals surface area contributed by atoms with Crippen molar-refractivity contribution in [1.29, 1.82) is 0 Å². The molecule has 2 rings (SSSR count). The summed E-state index contributed by atoms with van der Waals surface area (Å²) in [6.07, 6.45) is 0. The van der Waals surface area contributed by atoms with Crippen LogP contribution in [0.5, 0.6) is 11.5 Å². The molecular weight excluding hydrogens is 386 g/mol. The number of benzene rings is 2. The largest absolute Gasteiger partial charge is 0.508 e.